The molecule has 0 amide bonds. The zero-order chi connectivity index (χ0) is 16.1. The average Bonchev–Trinajstić information content (AvgIpc) is 2.63. The molecule has 1 heterocycles. The van der Waals surface area contributed by atoms with E-state index in [2.05, 4.69) is 29.2 Å². The van der Waals surface area contributed by atoms with Gasteiger partial charge in [-0.15, -0.1) is 0 Å². The van der Waals surface area contributed by atoms with E-state index in [1.165, 1.54) is 5.56 Å². The minimum Gasteiger partial charge on any atom is -0.379 e. The smallest absolute Gasteiger partial charge is 0.225 e. The van der Waals surface area contributed by atoms with Crippen LogP contribution in [0.25, 0.3) is 11.1 Å². The molecule has 3 rings (SSSR count). The van der Waals surface area contributed by atoms with Crippen LogP contribution < -0.4 is 0 Å². The van der Waals surface area contributed by atoms with Gasteiger partial charge in [0.05, 0.1) is 13.2 Å². The van der Waals surface area contributed by atoms with Crippen LogP contribution in [-0.4, -0.2) is 43.3 Å². The number of ketones is 1. The summed E-state index contributed by atoms with van der Waals surface area (Å²) >= 11 is 0. The lowest BCUT2D eigenvalue weighted by molar-refractivity contribution is -0.104. The van der Waals surface area contributed by atoms with Gasteiger partial charge in [0.1, 0.15) is 0 Å². The van der Waals surface area contributed by atoms with Crippen LogP contribution in [-0.2, 0) is 16.1 Å². The number of carbonyl (C=O) groups excluding carboxylic acids is 2. The van der Waals surface area contributed by atoms with Gasteiger partial charge >= 0.3 is 0 Å². The maximum atomic E-state index is 11.3. The number of morpholine rings is 1. The first kappa shape index (κ1) is 15.6. The first-order valence-corrected chi connectivity index (χ1v) is 7.75. The second-order valence-corrected chi connectivity index (χ2v) is 5.64. The molecular formula is C19H19NO3. The van der Waals surface area contributed by atoms with E-state index in [0.29, 0.717) is 11.8 Å². The summed E-state index contributed by atoms with van der Waals surface area (Å²) in [6.45, 7) is 4.52. The molecule has 0 bridgehead atoms. The number of rotatable bonds is 5. The summed E-state index contributed by atoms with van der Waals surface area (Å²) in [6.07, 6.45) is 0.343. The molecule has 0 saturated carbocycles. The average molecular weight is 309 g/mol. The predicted molar refractivity (Wildman–Crippen MR) is 88.4 cm³/mol. The number of Topliss-reactive ketones (excluding diaryl/α,β-unsaturated/α-hetero) is 1. The van der Waals surface area contributed by atoms with Gasteiger partial charge in [-0.3, -0.25) is 14.5 Å². The van der Waals surface area contributed by atoms with E-state index < -0.39 is 5.78 Å². The van der Waals surface area contributed by atoms with Gasteiger partial charge in [0.2, 0.25) is 5.78 Å². The molecule has 2 aromatic rings. The molecule has 118 valence electrons. The summed E-state index contributed by atoms with van der Waals surface area (Å²) in [5.41, 5.74) is 3.84. The van der Waals surface area contributed by atoms with Crippen LogP contribution in [0.4, 0.5) is 0 Å². The van der Waals surface area contributed by atoms with Crippen LogP contribution in [0.3, 0.4) is 0 Å². The Hall–Kier alpha value is -2.30. The van der Waals surface area contributed by atoms with Crippen LogP contribution in [0.1, 0.15) is 15.9 Å². The van der Waals surface area contributed by atoms with Crippen LogP contribution in [0.2, 0.25) is 0 Å². The van der Waals surface area contributed by atoms with Crippen LogP contribution in [0.15, 0.2) is 48.5 Å². The molecule has 0 N–H and O–H groups in total. The lowest BCUT2D eigenvalue weighted by atomic mass is 10.0. The Morgan fingerprint density at radius 3 is 2.09 bits per heavy atom. The minimum atomic E-state index is -0.489. The van der Waals surface area contributed by atoms with E-state index >= 15 is 0 Å². The van der Waals surface area contributed by atoms with Gasteiger partial charge < -0.3 is 4.74 Å². The monoisotopic (exact) mass is 309 g/mol. The first-order valence-electron chi connectivity index (χ1n) is 7.75. The van der Waals surface area contributed by atoms with Crippen molar-refractivity contribution in [2.75, 3.05) is 26.3 Å². The Labute approximate surface area is 135 Å². The number of carbonyl (C=O) groups is 2. The molecule has 0 atom stereocenters. The quantitative estimate of drug-likeness (QED) is 0.484. The molecule has 4 heteroatoms. The molecule has 1 saturated heterocycles. The fraction of sp³-hybridized carbons (Fsp3) is 0.263. The van der Waals surface area contributed by atoms with Crippen LogP contribution >= 0.6 is 0 Å². The number of benzene rings is 2. The van der Waals surface area contributed by atoms with Crippen molar-refractivity contribution in [3.05, 3.63) is 59.7 Å². The minimum absolute atomic E-state index is 0.343. The summed E-state index contributed by atoms with van der Waals surface area (Å²) < 4.78 is 5.36. The van der Waals surface area contributed by atoms with Crippen molar-refractivity contribution in [1.29, 1.82) is 0 Å². The third-order valence-electron chi connectivity index (χ3n) is 4.07. The van der Waals surface area contributed by atoms with E-state index in [-0.39, 0.29) is 0 Å². The molecule has 0 radical (unpaired) electrons. The molecule has 23 heavy (non-hydrogen) atoms. The van der Waals surface area contributed by atoms with Gasteiger partial charge in [-0.1, -0.05) is 48.5 Å². The summed E-state index contributed by atoms with van der Waals surface area (Å²) in [6, 6.07) is 15.6. The largest absolute Gasteiger partial charge is 0.379 e. The van der Waals surface area contributed by atoms with Gasteiger partial charge in [-0.25, -0.2) is 0 Å². The molecule has 1 aliphatic heterocycles. The highest BCUT2D eigenvalue weighted by Crippen LogP contribution is 2.21. The van der Waals surface area contributed by atoms with Gasteiger partial charge in [0, 0.05) is 25.2 Å². The second kappa shape index (κ2) is 7.31. The molecule has 0 unspecified atom stereocenters. The van der Waals surface area contributed by atoms with E-state index in [1.807, 2.05) is 12.1 Å². The maximum Gasteiger partial charge on any atom is 0.225 e. The Balaban J connectivity index is 1.68. The van der Waals surface area contributed by atoms with Gasteiger partial charge in [-0.2, -0.15) is 0 Å². The fourth-order valence-electron chi connectivity index (χ4n) is 2.72. The van der Waals surface area contributed by atoms with Crippen molar-refractivity contribution in [3.8, 4) is 11.1 Å². The molecule has 0 aliphatic carbocycles. The van der Waals surface area contributed by atoms with Crippen molar-refractivity contribution in [1.82, 2.24) is 4.90 Å². The Morgan fingerprint density at radius 2 is 1.52 bits per heavy atom. The molecule has 0 spiro atoms. The summed E-state index contributed by atoms with van der Waals surface area (Å²) in [4.78, 5) is 24.2. The van der Waals surface area contributed by atoms with Crippen LogP contribution in [0, 0.1) is 0 Å². The van der Waals surface area contributed by atoms with Gasteiger partial charge in [-0.05, 0) is 16.7 Å². The number of ether oxygens (including phenoxy) is 1. The Morgan fingerprint density at radius 1 is 0.957 bits per heavy atom. The highest BCUT2D eigenvalue weighted by molar-refractivity contribution is 6.33. The van der Waals surface area contributed by atoms with Crippen molar-refractivity contribution < 1.29 is 14.3 Å². The Kier molecular flexibility index (Phi) is 4.95. The topological polar surface area (TPSA) is 46.6 Å². The SMILES string of the molecule is O=CC(=O)c1ccc(-c2ccc(CN3CCOCC3)cc2)cc1. The van der Waals surface area contributed by atoms with Crippen LogP contribution in [0.5, 0.6) is 0 Å². The first-order chi connectivity index (χ1) is 11.3. The molecular weight excluding hydrogens is 290 g/mol. The zero-order valence-electron chi connectivity index (χ0n) is 12.9. The molecule has 1 fully saturated rings. The van der Waals surface area contributed by atoms with Gasteiger partial charge in [0.25, 0.3) is 0 Å². The molecule has 0 aromatic heterocycles. The Bertz CT molecular complexity index is 671. The predicted octanol–water partition coefficient (Wildman–Crippen LogP) is 2.57. The normalized spacial score (nSPS) is 15.3. The third-order valence-corrected chi connectivity index (χ3v) is 4.07. The number of hydrogen-bond acceptors (Lipinski definition) is 4. The second-order valence-electron chi connectivity index (χ2n) is 5.64. The number of aldehydes is 1. The molecule has 2 aromatic carbocycles. The summed E-state index contributed by atoms with van der Waals surface area (Å²) in [5.74, 6) is -0.489. The van der Waals surface area contributed by atoms with Crippen molar-refractivity contribution in [2.24, 2.45) is 0 Å². The lowest BCUT2D eigenvalue weighted by Crippen LogP contribution is -2.35. The van der Waals surface area contributed by atoms with E-state index in [9.17, 15) is 9.59 Å². The number of hydrogen-bond donors (Lipinski definition) is 0. The number of nitrogens with zero attached hydrogens (tertiary/aromatic N) is 1. The van der Waals surface area contributed by atoms with Crippen molar-refractivity contribution in [2.45, 2.75) is 6.54 Å². The van der Waals surface area contributed by atoms with E-state index in [0.717, 1.165) is 44.0 Å². The maximum absolute atomic E-state index is 11.3. The van der Waals surface area contributed by atoms with E-state index in [1.54, 1.807) is 12.1 Å². The summed E-state index contributed by atoms with van der Waals surface area (Å²) in [5, 5.41) is 0. The lowest BCUT2D eigenvalue weighted by Gasteiger charge is -2.26. The van der Waals surface area contributed by atoms with Crippen molar-refractivity contribution >= 4 is 12.1 Å². The zero-order valence-corrected chi connectivity index (χ0v) is 12.9. The molecule has 1 aliphatic rings. The fourth-order valence-corrected chi connectivity index (χ4v) is 2.72. The van der Waals surface area contributed by atoms with Crippen molar-refractivity contribution in [3.63, 3.8) is 0 Å². The highest BCUT2D eigenvalue weighted by atomic mass is 16.5. The standard InChI is InChI=1S/C19H19NO3/c21-14-19(22)18-7-5-17(6-8-18)16-3-1-15(2-4-16)13-20-9-11-23-12-10-20/h1-8,14H,9-13H2. The van der Waals surface area contributed by atoms with Gasteiger partial charge in [0.15, 0.2) is 6.29 Å². The summed E-state index contributed by atoms with van der Waals surface area (Å²) in [7, 11) is 0. The third kappa shape index (κ3) is 3.92. The van der Waals surface area contributed by atoms with E-state index in [4.69, 9.17) is 4.74 Å². The highest BCUT2D eigenvalue weighted by Gasteiger charge is 2.10. The molecule has 4 nitrogen and oxygen atoms in total.